The van der Waals surface area contributed by atoms with E-state index in [0.29, 0.717) is 6.04 Å². The van der Waals surface area contributed by atoms with Crippen LogP contribution in [0.1, 0.15) is 58.9 Å². The Kier molecular flexibility index (Phi) is 12.3. The number of carbonyl (C=O) groups excluding carboxylic acids is 1. The second-order valence-corrected chi connectivity index (χ2v) is 8.21. The minimum absolute atomic E-state index is 0.111. The Labute approximate surface area is 185 Å². The van der Waals surface area contributed by atoms with Gasteiger partial charge in [0.15, 0.2) is 0 Å². The molecule has 0 aromatic carbocycles. The van der Waals surface area contributed by atoms with Crippen molar-refractivity contribution >= 4 is 38.8 Å². The van der Waals surface area contributed by atoms with E-state index in [-0.39, 0.29) is 12.1 Å². The molecule has 1 aliphatic carbocycles. The predicted molar refractivity (Wildman–Crippen MR) is 132 cm³/mol. The quantitative estimate of drug-likeness (QED) is 0.766. The summed E-state index contributed by atoms with van der Waals surface area (Å²) in [7, 11) is 9.44. The first-order valence-electron chi connectivity index (χ1n) is 11.1. The number of nitrogens with zero attached hydrogens (tertiary/aromatic N) is 3. The Hall–Kier alpha value is -1.91. The third-order valence-electron chi connectivity index (χ3n) is 5.51. The van der Waals surface area contributed by atoms with E-state index in [1.54, 1.807) is 13.8 Å². The Morgan fingerprint density at radius 3 is 2.27 bits per heavy atom. The average molecular weight is 408 g/mol. The fourth-order valence-corrected chi connectivity index (χ4v) is 3.92. The van der Waals surface area contributed by atoms with Crippen molar-refractivity contribution < 1.29 is 4.79 Å². The first-order chi connectivity index (χ1) is 14.4. The molecule has 0 bridgehead atoms. The molecule has 7 heteroatoms. The van der Waals surface area contributed by atoms with E-state index in [9.17, 15) is 4.79 Å². The second-order valence-electron chi connectivity index (χ2n) is 8.21. The summed E-state index contributed by atoms with van der Waals surface area (Å²) < 4.78 is 0. The standard InChI is InChI=1S/C19H30N4O.2C2H4B/c1-14-6-8-17(9-7-14)21-19(24)23-12-11-22(13-16(23)3)18-15(2)5-4-10-20-18;2*1-2-3/h4-5,10,14,16-17H,6-9,11-13H2,1-3H3,(H,21,24);2*2H,1H3. The molecular weight excluding hydrogens is 370 g/mol. The number of nitrogens with one attached hydrogen (secondary N) is 1. The number of anilines is 1. The van der Waals surface area contributed by atoms with Gasteiger partial charge in [-0.25, -0.2) is 9.78 Å². The van der Waals surface area contributed by atoms with E-state index in [4.69, 9.17) is 15.0 Å². The number of urea groups is 1. The first-order valence-corrected chi connectivity index (χ1v) is 11.1. The number of hydrogen-bond donors (Lipinski definition) is 1. The van der Waals surface area contributed by atoms with Crippen LogP contribution in [0.3, 0.4) is 0 Å². The minimum atomic E-state index is 0.111. The van der Waals surface area contributed by atoms with Crippen LogP contribution >= 0.6 is 0 Å². The van der Waals surface area contributed by atoms with Gasteiger partial charge in [-0.05, 0) is 57.1 Å². The van der Waals surface area contributed by atoms with Crippen LogP contribution in [-0.2, 0) is 0 Å². The number of aryl methyl sites for hydroxylation is 1. The summed E-state index contributed by atoms with van der Waals surface area (Å²) in [6.45, 7) is 12.5. The van der Waals surface area contributed by atoms with Gasteiger partial charge >= 0.3 is 46.8 Å². The molecule has 2 fully saturated rings. The number of piperazine rings is 1. The predicted octanol–water partition coefficient (Wildman–Crippen LogP) is 3.14. The van der Waals surface area contributed by atoms with Crippen molar-refractivity contribution in [2.24, 2.45) is 5.92 Å². The normalized spacial score (nSPS) is 23.1. The summed E-state index contributed by atoms with van der Waals surface area (Å²) in [6.07, 6.45) is 6.54. The van der Waals surface area contributed by atoms with Gasteiger partial charge in [0.05, 0.1) is 0 Å². The van der Waals surface area contributed by atoms with Crippen molar-refractivity contribution in [3.05, 3.63) is 23.9 Å². The van der Waals surface area contributed by atoms with E-state index in [0.717, 1.165) is 44.2 Å². The van der Waals surface area contributed by atoms with Crippen LogP contribution in [0.15, 0.2) is 18.3 Å². The summed E-state index contributed by atoms with van der Waals surface area (Å²) in [6, 6.07) is 4.73. The molecule has 1 aromatic heterocycles. The van der Waals surface area contributed by atoms with Crippen molar-refractivity contribution in [2.75, 3.05) is 24.5 Å². The van der Waals surface area contributed by atoms with Gasteiger partial charge in [0.25, 0.3) is 0 Å². The van der Waals surface area contributed by atoms with Gasteiger partial charge in [-0.3, -0.25) is 0 Å². The molecule has 1 unspecified atom stereocenters. The number of hydrogen-bond acceptors (Lipinski definition) is 3. The molecule has 3 rings (SSSR count). The fourth-order valence-electron chi connectivity index (χ4n) is 3.92. The van der Waals surface area contributed by atoms with Crippen molar-refractivity contribution in [1.29, 1.82) is 0 Å². The summed E-state index contributed by atoms with van der Waals surface area (Å²) in [5, 5.41) is 3.26. The van der Waals surface area contributed by atoms with E-state index in [1.165, 1.54) is 30.3 Å². The van der Waals surface area contributed by atoms with Crippen LogP contribution in [0.25, 0.3) is 0 Å². The van der Waals surface area contributed by atoms with Crippen LogP contribution in [0, 0.1) is 12.8 Å². The van der Waals surface area contributed by atoms with E-state index >= 15 is 0 Å². The van der Waals surface area contributed by atoms with Crippen molar-refractivity contribution in [1.82, 2.24) is 15.2 Å². The molecule has 1 aromatic rings. The molecule has 162 valence electrons. The third kappa shape index (κ3) is 8.45. The summed E-state index contributed by atoms with van der Waals surface area (Å²) in [5.74, 6) is 4.85. The van der Waals surface area contributed by atoms with Crippen LogP contribution in [-0.4, -0.2) is 74.5 Å². The van der Waals surface area contributed by atoms with E-state index in [1.807, 2.05) is 17.2 Å². The molecular formula is C23H38B2N4O. The zero-order chi connectivity index (χ0) is 22.5. The van der Waals surface area contributed by atoms with E-state index < -0.39 is 0 Å². The number of pyridine rings is 1. The Bertz CT molecular complexity index is 656. The number of amides is 2. The molecule has 2 radical (unpaired) electrons. The van der Waals surface area contributed by atoms with Crippen molar-refractivity contribution in [3.8, 4) is 0 Å². The van der Waals surface area contributed by atoms with Gasteiger partial charge in [-0.15, -0.1) is 0 Å². The molecule has 0 spiro atoms. The van der Waals surface area contributed by atoms with Crippen molar-refractivity contribution in [3.63, 3.8) is 0 Å². The summed E-state index contributed by atoms with van der Waals surface area (Å²) in [4.78, 5) is 21.5. The van der Waals surface area contributed by atoms with Gasteiger partial charge in [0.2, 0.25) is 0 Å². The Morgan fingerprint density at radius 2 is 1.73 bits per heavy atom. The monoisotopic (exact) mass is 408 g/mol. The van der Waals surface area contributed by atoms with Crippen LogP contribution in [0.5, 0.6) is 0 Å². The summed E-state index contributed by atoms with van der Waals surface area (Å²) in [5.41, 5.74) is 1.19. The number of aromatic nitrogens is 1. The SMILES string of the molecule is Cc1cccnc1N1CCN(C(=O)NC2CCC(C)CC2)C(C)C1.[B]=CC.[B]=CC. The van der Waals surface area contributed by atoms with Crippen LogP contribution in [0.4, 0.5) is 10.6 Å². The van der Waals surface area contributed by atoms with Gasteiger partial charge < -0.3 is 15.1 Å². The van der Waals surface area contributed by atoms with Gasteiger partial charge in [0, 0.05) is 37.9 Å². The Balaban J connectivity index is 0.000000672. The summed E-state index contributed by atoms with van der Waals surface area (Å²) >= 11 is 0. The molecule has 2 heterocycles. The molecule has 1 saturated carbocycles. The number of rotatable bonds is 2. The maximum atomic E-state index is 12.6. The van der Waals surface area contributed by atoms with Crippen LogP contribution < -0.4 is 10.2 Å². The zero-order valence-corrected chi connectivity index (χ0v) is 19.5. The van der Waals surface area contributed by atoms with Crippen molar-refractivity contribution in [2.45, 2.75) is 72.4 Å². The first kappa shape index (κ1) is 26.1. The second kappa shape index (κ2) is 14.2. The maximum absolute atomic E-state index is 12.6. The molecule has 1 aliphatic heterocycles. The molecule has 30 heavy (non-hydrogen) atoms. The molecule has 1 atom stereocenters. The molecule has 2 aliphatic rings. The zero-order valence-electron chi connectivity index (χ0n) is 19.5. The topological polar surface area (TPSA) is 48.5 Å². The van der Waals surface area contributed by atoms with E-state index in [2.05, 4.69) is 42.0 Å². The number of carbonyl (C=O) groups is 1. The fraction of sp³-hybridized carbons (Fsp3) is 0.652. The molecule has 1 N–H and O–H groups in total. The average Bonchev–Trinajstić information content (AvgIpc) is 2.71. The third-order valence-corrected chi connectivity index (χ3v) is 5.51. The van der Waals surface area contributed by atoms with Crippen LogP contribution in [0.2, 0.25) is 0 Å². The Morgan fingerprint density at radius 1 is 1.13 bits per heavy atom. The van der Waals surface area contributed by atoms with Gasteiger partial charge in [-0.2, -0.15) is 0 Å². The van der Waals surface area contributed by atoms with Gasteiger partial charge in [0.1, 0.15) is 5.82 Å². The molecule has 2 amide bonds. The molecule has 5 nitrogen and oxygen atoms in total. The van der Waals surface area contributed by atoms with Gasteiger partial charge in [-0.1, -0.05) is 13.0 Å². The molecule has 1 saturated heterocycles.